The van der Waals surface area contributed by atoms with Crippen molar-refractivity contribution in [2.45, 2.75) is 64.7 Å². The van der Waals surface area contributed by atoms with Gasteiger partial charge in [0, 0.05) is 17.9 Å². The summed E-state index contributed by atoms with van der Waals surface area (Å²) in [6.07, 6.45) is 10.5. The number of ketones is 1. The summed E-state index contributed by atoms with van der Waals surface area (Å²) in [7, 11) is 0. The van der Waals surface area contributed by atoms with Crippen LogP contribution in [0.1, 0.15) is 64.7 Å². The fourth-order valence-corrected chi connectivity index (χ4v) is 3.73. The second kappa shape index (κ2) is 5.51. The molecule has 2 rings (SSSR count). The van der Waals surface area contributed by atoms with Crippen molar-refractivity contribution in [3.8, 4) is 0 Å². The Balaban J connectivity index is 2.01. The minimum Gasteiger partial charge on any atom is -0.329 e. The summed E-state index contributed by atoms with van der Waals surface area (Å²) in [5.41, 5.74) is 5.82. The number of rotatable bonds is 3. The molecule has 0 aliphatic heterocycles. The monoisotopic (exact) mass is 237 g/mol. The van der Waals surface area contributed by atoms with Crippen LogP contribution in [0.15, 0.2) is 0 Å². The second-order valence-corrected chi connectivity index (χ2v) is 6.37. The molecule has 0 spiro atoms. The average molecular weight is 237 g/mol. The normalized spacial score (nSPS) is 33.3. The van der Waals surface area contributed by atoms with Crippen LogP contribution in [0, 0.1) is 17.3 Å². The van der Waals surface area contributed by atoms with Gasteiger partial charge in [-0.15, -0.1) is 0 Å². The number of carbonyl (C=O) groups excluding carboxylic acids is 1. The maximum atomic E-state index is 12.7. The Labute approximate surface area is 105 Å². The Morgan fingerprint density at radius 2 is 1.71 bits per heavy atom. The average Bonchev–Trinajstić information content (AvgIpc) is 2.39. The molecule has 0 bridgehead atoms. The number of carbonyl (C=O) groups is 1. The summed E-state index contributed by atoms with van der Waals surface area (Å²) >= 11 is 0. The Bertz CT molecular complexity index is 260. The summed E-state index contributed by atoms with van der Waals surface area (Å²) in [4.78, 5) is 12.7. The molecular weight excluding hydrogens is 210 g/mol. The van der Waals surface area contributed by atoms with E-state index in [-0.39, 0.29) is 5.41 Å². The number of Topliss-reactive ketones (excluding diaryl/α,β-unsaturated/α-hetero) is 1. The lowest BCUT2D eigenvalue weighted by atomic mass is 9.65. The highest BCUT2D eigenvalue weighted by atomic mass is 16.1. The van der Waals surface area contributed by atoms with Crippen molar-refractivity contribution in [1.82, 2.24) is 0 Å². The van der Waals surface area contributed by atoms with Gasteiger partial charge in [0.1, 0.15) is 5.78 Å². The van der Waals surface area contributed by atoms with E-state index in [0.29, 0.717) is 18.2 Å². The third-order valence-electron chi connectivity index (χ3n) is 5.11. The van der Waals surface area contributed by atoms with E-state index in [9.17, 15) is 4.79 Å². The van der Waals surface area contributed by atoms with E-state index in [1.165, 1.54) is 32.1 Å². The predicted molar refractivity (Wildman–Crippen MR) is 70.7 cm³/mol. The molecule has 0 aromatic rings. The molecule has 0 aromatic carbocycles. The molecule has 2 saturated carbocycles. The number of nitrogens with two attached hydrogens (primary N) is 1. The Hall–Kier alpha value is -0.370. The lowest BCUT2D eigenvalue weighted by Gasteiger charge is -2.39. The van der Waals surface area contributed by atoms with Crippen molar-refractivity contribution >= 4 is 5.78 Å². The molecule has 2 aliphatic rings. The molecule has 0 radical (unpaired) electrons. The van der Waals surface area contributed by atoms with Crippen molar-refractivity contribution in [2.24, 2.45) is 23.0 Å². The molecule has 0 amide bonds. The number of hydrogen-bond acceptors (Lipinski definition) is 2. The highest BCUT2D eigenvalue weighted by Gasteiger charge is 2.41. The van der Waals surface area contributed by atoms with Crippen LogP contribution in [0.3, 0.4) is 0 Å². The zero-order chi connectivity index (χ0) is 12.3. The first kappa shape index (κ1) is 13.1. The first-order valence-corrected chi connectivity index (χ1v) is 7.42. The standard InChI is InChI=1S/C15H27NO/c1-12-5-7-13(8-6-12)14(17)15(11-16)9-3-2-4-10-15/h12-13H,2-11,16H2,1H3. The lowest BCUT2D eigenvalue weighted by Crippen LogP contribution is -2.44. The van der Waals surface area contributed by atoms with Crippen molar-refractivity contribution in [2.75, 3.05) is 6.54 Å². The Morgan fingerprint density at radius 3 is 2.24 bits per heavy atom. The van der Waals surface area contributed by atoms with E-state index in [1.54, 1.807) is 0 Å². The van der Waals surface area contributed by atoms with Crippen molar-refractivity contribution < 1.29 is 4.79 Å². The summed E-state index contributed by atoms with van der Waals surface area (Å²) in [6.45, 7) is 2.89. The van der Waals surface area contributed by atoms with Crippen LogP contribution < -0.4 is 5.73 Å². The van der Waals surface area contributed by atoms with Gasteiger partial charge in [-0.05, 0) is 31.6 Å². The summed E-state index contributed by atoms with van der Waals surface area (Å²) in [5.74, 6) is 1.67. The third-order valence-corrected chi connectivity index (χ3v) is 5.11. The van der Waals surface area contributed by atoms with Gasteiger partial charge in [-0.25, -0.2) is 0 Å². The number of hydrogen-bond donors (Lipinski definition) is 1. The maximum absolute atomic E-state index is 12.7. The summed E-state index contributed by atoms with van der Waals surface area (Å²) in [5, 5.41) is 0. The first-order chi connectivity index (χ1) is 8.18. The van der Waals surface area contributed by atoms with Gasteiger partial charge in [-0.1, -0.05) is 39.0 Å². The predicted octanol–water partition coefficient (Wildman–Crippen LogP) is 3.29. The molecule has 17 heavy (non-hydrogen) atoms. The van der Waals surface area contributed by atoms with Gasteiger partial charge >= 0.3 is 0 Å². The SMILES string of the molecule is CC1CCC(C(=O)C2(CN)CCCCC2)CC1. The van der Waals surface area contributed by atoms with E-state index in [1.807, 2.05) is 0 Å². The van der Waals surface area contributed by atoms with Gasteiger partial charge in [0.15, 0.2) is 0 Å². The minimum atomic E-state index is -0.135. The molecule has 0 unspecified atom stereocenters. The van der Waals surface area contributed by atoms with Crippen LogP contribution in [-0.4, -0.2) is 12.3 Å². The van der Waals surface area contributed by atoms with Crippen LogP contribution in [0.5, 0.6) is 0 Å². The molecule has 2 heteroatoms. The van der Waals surface area contributed by atoms with Crippen LogP contribution in [0.2, 0.25) is 0 Å². The Morgan fingerprint density at radius 1 is 1.12 bits per heavy atom. The van der Waals surface area contributed by atoms with Gasteiger partial charge in [-0.2, -0.15) is 0 Å². The van der Waals surface area contributed by atoms with E-state index in [2.05, 4.69) is 6.92 Å². The lowest BCUT2D eigenvalue weighted by molar-refractivity contribution is -0.135. The second-order valence-electron chi connectivity index (χ2n) is 6.37. The van der Waals surface area contributed by atoms with Gasteiger partial charge in [0.05, 0.1) is 0 Å². The summed E-state index contributed by atoms with van der Waals surface area (Å²) in [6, 6.07) is 0. The summed E-state index contributed by atoms with van der Waals surface area (Å²) < 4.78 is 0. The van der Waals surface area contributed by atoms with Crippen molar-refractivity contribution in [3.63, 3.8) is 0 Å². The molecule has 2 nitrogen and oxygen atoms in total. The molecule has 0 saturated heterocycles. The van der Waals surface area contributed by atoms with Crippen LogP contribution in [0.25, 0.3) is 0 Å². The zero-order valence-corrected chi connectivity index (χ0v) is 11.2. The van der Waals surface area contributed by atoms with E-state index in [4.69, 9.17) is 5.73 Å². The first-order valence-electron chi connectivity index (χ1n) is 7.42. The van der Waals surface area contributed by atoms with E-state index < -0.39 is 0 Å². The van der Waals surface area contributed by atoms with Gasteiger partial charge in [-0.3, -0.25) is 4.79 Å². The van der Waals surface area contributed by atoms with E-state index >= 15 is 0 Å². The minimum absolute atomic E-state index is 0.135. The molecule has 2 fully saturated rings. The smallest absolute Gasteiger partial charge is 0.143 e. The largest absolute Gasteiger partial charge is 0.329 e. The molecule has 0 heterocycles. The van der Waals surface area contributed by atoms with E-state index in [0.717, 1.165) is 31.6 Å². The van der Waals surface area contributed by atoms with Gasteiger partial charge < -0.3 is 5.73 Å². The molecule has 2 aliphatic carbocycles. The third kappa shape index (κ3) is 2.73. The fourth-order valence-electron chi connectivity index (χ4n) is 3.73. The van der Waals surface area contributed by atoms with Crippen LogP contribution in [-0.2, 0) is 4.79 Å². The van der Waals surface area contributed by atoms with Crippen LogP contribution >= 0.6 is 0 Å². The molecular formula is C15H27NO. The Kier molecular flexibility index (Phi) is 4.24. The van der Waals surface area contributed by atoms with Gasteiger partial charge in [0.2, 0.25) is 0 Å². The zero-order valence-electron chi connectivity index (χ0n) is 11.2. The van der Waals surface area contributed by atoms with Crippen molar-refractivity contribution in [3.05, 3.63) is 0 Å². The maximum Gasteiger partial charge on any atom is 0.143 e. The molecule has 0 aromatic heterocycles. The molecule has 0 atom stereocenters. The molecule has 2 N–H and O–H groups in total. The topological polar surface area (TPSA) is 43.1 Å². The fraction of sp³-hybridized carbons (Fsp3) is 0.933. The van der Waals surface area contributed by atoms with Crippen LogP contribution in [0.4, 0.5) is 0 Å². The van der Waals surface area contributed by atoms with Crippen molar-refractivity contribution in [1.29, 1.82) is 0 Å². The highest BCUT2D eigenvalue weighted by molar-refractivity contribution is 5.87. The quantitative estimate of drug-likeness (QED) is 0.818. The van der Waals surface area contributed by atoms with Gasteiger partial charge in [0.25, 0.3) is 0 Å². The molecule has 98 valence electrons. The highest BCUT2D eigenvalue weighted by Crippen LogP contribution is 2.41.